The van der Waals surface area contributed by atoms with E-state index in [0.29, 0.717) is 18.0 Å². The van der Waals surface area contributed by atoms with Crippen LogP contribution in [0.25, 0.3) is 10.6 Å². The summed E-state index contributed by atoms with van der Waals surface area (Å²) in [6.07, 6.45) is 0.537. The van der Waals surface area contributed by atoms with E-state index in [9.17, 15) is 8.42 Å². The summed E-state index contributed by atoms with van der Waals surface area (Å²) < 4.78 is 27.0. The lowest BCUT2D eigenvalue weighted by Gasteiger charge is -2.06. The quantitative estimate of drug-likeness (QED) is 0.680. The van der Waals surface area contributed by atoms with Crippen molar-refractivity contribution in [3.63, 3.8) is 0 Å². The first-order valence-electron chi connectivity index (χ1n) is 7.71. The van der Waals surface area contributed by atoms with Gasteiger partial charge in [-0.05, 0) is 37.3 Å². The summed E-state index contributed by atoms with van der Waals surface area (Å²) in [5.74, 6) is 0. The number of hydrogen-bond donors (Lipinski definition) is 1. The van der Waals surface area contributed by atoms with Gasteiger partial charge in [-0.25, -0.2) is 18.1 Å². The van der Waals surface area contributed by atoms with E-state index in [4.69, 9.17) is 11.6 Å². The molecule has 7 heteroatoms. The molecule has 0 unspecified atom stereocenters. The number of halogens is 1. The molecule has 0 amide bonds. The second kappa shape index (κ2) is 7.66. The van der Waals surface area contributed by atoms with Crippen molar-refractivity contribution in [3.05, 3.63) is 70.2 Å². The number of aromatic nitrogens is 1. The summed E-state index contributed by atoms with van der Waals surface area (Å²) in [5, 5.41) is 3.42. The molecule has 0 saturated heterocycles. The molecule has 0 atom stereocenters. The van der Waals surface area contributed by atoms with Gasteiger partial charge in [-0.2, -0.15) is 0 Å². The maximum absolute atomic E-state index is 12.2. The monoisotopic (exact) mass is 392 g/mol. The largest absolute Gasteiger partial charge is 0.241 e. The number of sulfonamides is 1. The van der Waals surface area contributed by atoms with Crippen molar-refractivity contribution in [2.75, 3.05) is 6.54 Å². The summed E-state index contributed by atoms with van der Waals surface area (Å²) in [5.41, 5.74) is 3.14. The van der Waals surface area contributed by atoms with Gasteiger partial charge in [0.2, 0.25) is 10.0 Å². The predicted octanol–water partition coefficient (Wildman–Crippen LogP) is 4.29. The molecule has 3 rings (SSSR count). The van der Waals surface area contributed by atoms with Gasteiger partial charge in [0.1, 0.15) is 5.01 Å². The Kier molecular flexibility index (Phi) is 5.54. The zero-order valence-electron chi connectivity index (χ0n) is 13.6. The van der Waals surface area contributed by atoms with Gasteiger partial charge in [-0.1, -0.05) is 35.4 Å². The number of nitrogens with one attached hydrogen (secondary N) is 1. The van der Waals surface area contributed by atoms with Gasteiger partial charge in [0.15, 0.2) is 0 Å². The van der Waals surface area contributed by atoms with Crippen LogP contribution in [0, 0.1) is 6.92 Å². The van der Waals surface area contributed by atoms with Crippen LogP contribution in [0.3, 0.4) is 0 Å². The topological polar surface area (TPSA) is 59.1 Å². The Balaban J connectivity index is 1.62. The maximum atomic E-state index is 12.2. The summed E-state index contributed by atoms with van der Waals surface area (Å²) >= 11 is 7.35. The fraction of sp³-hybridized carbons (Fsp3) is 0.167. The first-order chi connectivity index (χ1) is 11.9. The SMILES string of the molecule is Cc1cccc(-c2nc(CCNS(=O)(=O)c3ccc(Cl)cc3)cs2)c1. The Labute approximate surface area is 156 Å². The molecule has 1 heterocycles. The highest BCUT2D eigenvalue weighted by Gasteiger charge is 2.13. The lowest BCUT2D eigenvalue weighted by Crippen LogP contribution is -2.26. The predicted molar refractivity (Wildman–Crippen MR) is 103 cm³/mol. The second-order valence-corrected chi connectivity index (χ2v) is 8.68. The van der Waals surface area contributed by atoms with E-state index in [-0.39, 0.29) is 4.90 Å². The molecule has 25 heavy (non-hydrogen) atoms. The van der Waals surface area contributed by atoms with Gasteiger partial charge >= 0.3 is 0 Å². The number of aryl methyl sites for hydroxylation is 1. The smallest absolute Gasteiger partial charge is 0.240 e. The van der Waals surface area contributed by atoms with E-state index < -0.39 is 10.0 Å². The van der Waals surface area contributed by atoms with Gasteiger partial charge in [0.25, 0.3) is 0 Å². The molecule has 4 nitrogen and oxygen atoms in total. The Morgan fingerprint density at radius 1 is 1.16 bits per heavy atom. The zero-order valence-corrected chi connectivity index (χ0v) is 16.0. The van der Waals surface area contributed by atoms with Crippen LogP contribution in [0.15, 0.2) is 58.8 Å². The third-order valence-electron chi connectivity index (χ3n) is 3.61. The van der Waals surface area contributed by atoms with Crippen LogP contribution >= 0.6 is 22.9 Å². The van der Waals surface area contributed by atoms with E-state index in [0.717, 1.165) is 16.3 Å². The minimum Gasteiger partial charge on any atom is -0.241 e. The molecule has 2 aromatic carbocycles. The molecule has 0 saturated carbocycles. The van der Waals surface area contributed by atoms with Crippen molar-refractivity contribution in [1.29, 1.82) is 0 Å². The lowest BCUT2D eigenvalue weighted by atomic mass is 10.1. The Morgan fingerprint density at radius 3 is 2.64 bits per heavy atom. The van der Waals surface area contributed by atoms with Crippen LogP contribution in [-0.2, 0) is 16.4 Å². The summed E-state index contributed by atoms with van der Waals surface area (Å²) in [6, 6.07) is 14.3. The van der Waals surface area contributed by atoms with E-state index >= 15 is 0 Å². The molecule has 0 aliphatic heterocycles. The van der Waals surface area contributed by atoms with Crippen LogP contribution in [0.5, 0.6) is 0 Å². The number of benzene rings is 2. The van der Waals surface area contributed by atoms with Crippen LogP contribution < -0.4 is 4.72 Å². The fourth-order valence-corrected chi connectivity index (χ4v) is 4.35. The molecule has 3 aromatic rings. The third-order valence-corrected chi connectivity index (χ3v) is 6.28. The van der Waals surface area contributed by atoms with Gasteiger partial charge in [-0.3, -0.25) is 0 Å². The van der Waals surface area contributed by atoms with Crippen molar-refractivity contribution in [2.45, 2.75) is 18.2 Å². The minimum atomic E-state index is -3.53. The van der Waals surface area contributed by atoms with Crippen molar-refractivity contribution in [3.8, 4) is 10.6 Å². The minimum absolute atomic E-state index is 0.204. The molecule has 0 aliphatic rings. The maximum Gasteiger partial charge on any atom is 0.240 e. The summed E-state index contributed by atoms with van der Waals surface area (Å²) in [4.78, 5) is 4.80. The fourth-order valence-electron chi connectivity index (χ4n) is 2.34. The van der Waals surface area contributed by atoms with Crippen LogP contribution in [-0.4, -0.2) is 19.9 Å². The van der Waals surface area contributed by atoms with Gasteiger partial charge in [-0.15, -0.1) is 11.3 Å². The van der Waals surface area contributed by atoms with Gasteiger partial charge in [0.05, 0.1) is 10.6 Å². The van der Waals surface area contributed by atoms with Crippen molar-refractivity contribution in [2.24, 2.45) is 0 Å². The molecule has 1 aromatic heterocycles. The molecule has 0 radical (unpaired) electrons. The number of rotatable bonds is 6. The van der Waals surface area contributed by atoms with E-state index in [1.54, 1.807) is 23.5 Å². The number of hydrogen-bond acceptors (Lipinski definition) is 4. The number of thiazole rings is 1. The van der Waals surface area contributed by atoms with E-state index in [1.165, 1.54) is 17.7 Å². The molecule has 0 aliphatic carbocycles. The van der Waals surface area contributed by atoms with E-state index in [1.807, 2.05) is 30.5 Å². The highest BCUT2D eigenvalue weighted by atomic mass is 35.5. The Bertz CT molecular complexity index is 967. The molecule has 0 fully saturated rings. The van der Waals surface area contributed by atoms with Crippen LogP contribution in [0.1, 0.15) is 11.3 Å². The molecule has 0 spiro atoms. The third kappa shape index (κ3) is 4.67. The Hall–Kier alpha value is -1.73. The van der Waals surface area contributed by atoms with Crippen molar-refractivity contribution in [1.82, 2.24) is 9.71 Å². The molecule has 130 valence electrons. The summed E-state index contributed by atoms with van der Waals surface area (Å²) in [6.45, 7) is 2.34. The van der Waals surface area contributed by atoms with Crippen molar-refractivity contribution < 1.29 is 8.42 Å². The lowest BCUT2D eigenvalue weighted by molar-refractivity contribution is 0.581. The standard InChI is InChI=1S/C18H17ClN2O2S2/c1-13-3-2-4-14(11-13)18-21-16(12-24-18)9-10-20-25(22,23)17-7-5-15(19)6-8-17/h2-8,11-12,20H,9-10H2,1H3. The molecule has 0 bridgehead atoms. The molecule has 1 N–H and O–H groups in total. The second-order valence-electron chi connectivity index (χ2n) is 5.62. The first-order valence-corrected chi connectivity index (χ1v) is 10.4. The summed E-state index contributed by atoms with van der Waals surface area (Å²) in [7, 11) is -3.53. The van der Waals surface area contributed by atoms with Gasteiger partial charge < -0.3 is 0 Å². The zero-order chi connectivity index (χ0) is 17.9. The number of nitrogens with zero attached hydrogens (tertiary/aromatic N) is 1. The Morgan fingerprint density at radius 2 is 1.92 bits per heavy atom. The van der Waals surface area contributed by atoms with Crippen molar-refractivity contribution >= 4 is 33.0 Å². The molecular weight excluding hydrogens is 376 g/mol. The highest BCUT2D eigenvalue weighted by molar-refractivity contribution is 7.89. The molecular formula is C18H17ClN2O2S2. The van der Waals surface area contributed by atoms with Crippen LogP contribution in [0.2, 0.25) is 5.02 Å². The normalized spacial score (nSPS) is 11.6. The van der Waals surface area contributed by atoms with Gasteiger partial charge in [0, 0.05) is 28.9 Å². The van der Waals surface area contributed by atoms with E-state index in [2.05, 4.69) is 15.8 Å². The average Bonchev–Trinajstić information content (AvgIpc) is 3.04. The average molecular weight is 393 g/mol. The van der Waals surface area contributed by atoms with Crippen LogP contribution in [0.4, 0.5) is 0 Å². The highest BCUT2D eigenvalue weighted by Crippen LogP contribution is 2.24. The first kappa shape index (κ1) is 18.1.